The van der Waals surface area contributed by atoms with Crippen LogP contribution in [0.5, 0.6) is 0 Å². The Balaban J connectivity index is 0.000000789. The molecule has 0 saturated carbocycles. The zero-order valence-electron chi connectivity index (χ0n) is 29.3. The van der Waals surface area contributed by atoms with E-state index in [9.17, 15) is 18.5 Å². The van der Waals surface area contributed by atoms with Crippen LogP contribution in [0, 0.1) is 0 Å². The minimum absolute atomic E-state index is 0.0762. The van der Waals surface area contributed by atoms with Crippen LogP contribution in [-0.2, 0) is 63.9 Å². The fourth-order valence-corrected chi connectivity index (χ4v) is 6.53. The molecular formula is C30H40Cl5O14P3. The minimum Gasteiger partial charge on any atom is -0.455 e. The summed E-state index contributed by atoms with van der Waals surface area (Å²) in [4.78, 5) is 11.7. The van der Waals surface area contributed by atoms with Crippen LogP contribution < -0.4 is 0 Å². The molecule has 0 aliphatic rings. The molecule has 0 heterocycles. The largest absolute Gasteiger partial charge is 0.530 e. The lowest BCUT2D eigenvalue weighted by Gasteiger charge is -2.19. The summed E-state index contributed by atoms with van der Waals surface area (Å²) in [5.74, 6) is -0.450. The zero-order chi connectivity index (χ0) is 40.0. The monoisotopic (exact) mass is 892 g/mol. The molecule has 0 aromatic heterocycles. The number of rotatable bonds is 18. The van der Waals surface area contributed by atoms with Gasteiger partial charge in [0.2, 0.25) is 0 Å². The number of carbonyl (C=O) groups is 1. The van der Waals surface area contributed by atoms with Crippen molar-refractivity contribution < 1.29 is 63.9 Å². The summed E-state index contributed by atoms with van der Waals surface area (Å²) in [6.45, 7) is 6.90. The van der Waals surface area contributed by atoms with Crippen LogP contribution >= 0.6 is 81.5 Å². The van der Waals surface area contributed by atoms with Crippen LogP contribution in [0.25, 0.3) is 5.76 Å². The Morgan fingerprint density at radius 3 is 1.79 bits per heavy atom. The van der Waals surface area contributed by atoms with E-state index in [0.717, 1.165) is 23.4 Å². The van der Waals surface area contributed by atoms with Gasteiger partial charge in [0.05, 0.1) is 24.3 Å². The molecule has 2 rings (SSSR count). The lowest BCUT2D eigenvalue weighted by Crippen LogP contribution is -2.07. The lowest BCUT2D eigenvalue weighted by atomic mass is 10.1. The van der Waals surface area contributed by atoms with Crippen LogP contribution in [-0.4, -0.2) is 47.6 Å². The van der Waals surface area contributed by atoms with Gasteiger partial charge in [-0.05, 0) is 51.5 Å². The fraction of sp³-hybridized carbons (Fsp3) is 0.367. The Morgan fingerprint density at radius 1 is 0.808 bits per heavy atom. The van der Waals surface area contributed by atoms with Gasteiger partial charge in [0, 0.05) is 44.6 Å². The smallest absolute Gasteiger partial charge is 0.455 e. The highest BCUT2D eigenvalue weighted by Crippen LogP contribution is 2.53. The van der Waals surface area contributed by atoms with Gasteiger partial charge in [-0.3, -0.25) is 27.1 Å². The molecule has 0 N–H and O–H groups in total. The predicted molar refractivity (Wildman–Crippen MR) is 202 cm³/mol. The third kappa shape index (κ3) is 20.2. The number of phosphoric acid groups is 3. The standard InChI is InChI=1S/C14H19O6P.C12H14Cl3O4P.C4H7Cl2O4P/c1-11(20-21(16,17-3)18-4)10-14(15)19-12(2)13-8-6-5-7-9-13;1-3-17-20(16,18-4-2)19-12(8-13)10-6-5-9(14)7-11(10)15;1-8-11(7,9-2)10-3-4(5)6/h5-10,12H,1-4H3;5-8H,3-4H2,1-2H3;3H,1-2H3/b11-10+;12-8-;. The number of benzene rings is 2. The van der Waals surface area contributed by atoms with Crippen molar-refractivity contribution in [2.24, 2.45) is 0 Å². The first-order chi connectivity index (χ1) is 24.4. The third-order valence-electron chi connectivity index (χ3n) is 5.38. The van der Waals surface area contributed by atoms with E-state index < -0.39 is 35.5 Å². The summed E-state index contributed by atoms with van der Waals surface area (Å²) in [7, 11) is -6.14. The molecule has 0 fully saturated rings. The molecule has 0 aliphatic heterocycles. The number of hydrogen-bond acceptors (Lipinski definition) is 14. The van der Waals surface area contributed by atoms with Gasteiger partial charge in [0.15, 0.2) is 5.76 Å². The molecule has 52 heavy (non-hydrogen) atoms. The number of hydrogen-bond donors (Lipinski definition) is 0. The van der Waals surface area contributed by atoms with Crippen LogP contribution in [0.3, 0.4) is 0 Å². The highest BCUT2D eigenvalue weighted by atomic mass is 35.5. The summed E-state index contributed by atoms with van der Waals surface area (Å²) >= 11 is 27.9. The summed E-state index contributed by atoms with van der Waals surface area (Å²) in [5, 5.41) is 0.773. The van der Waals surface area contributed by atoms with Crippen molar-refractivity contribution in [3.05, 3.63) is 97.8 Å². The summed E-state index contributed by atoms with van der Waals surface area (Å²) in [6.07, 6.45) is 1.56. The van der Waals surface area contributed by atoms with Gasteiger partial charge in [0.1, 0.15) is 22.6 Å². The number of esters is 1. The summed E-state index contributed by atoms with van der Waals surface area (Å²) in [5.41, 5.74) is 2.42. The molecule has 0 spiro atoms. The van der Waals surface area contributed by atoms with Gasteiger partial charge in [-0.25, -0.2) is 18.5 Å². The normalized spacial score (nSPS) is 12.6. The average molecular weight is 895 g/mol. The van der Waals surface area contributed by atoms with Crippen molar-refractivity contribution in [3.63, 3.8) is 0 Å². The van der Waals surface area contributed by atoms with E-state index in [0.29, 0.717) is 15.6 Å². The van der Waals surface area contributed by atoms with E-state index >= 15 is 0 Å². The maximum Gasteiger partial charge on any atom is 0.530 e. The van der Waals surface area contributed by atoms with Gasteiger partial charge in [-0.15, -0.1) is 0 Å². The maximum absolute atomic E-state index is 12.3. The van der Waals surface area contributed by atoms with E-state index in [2.05, 4.69) is 22.6 Å². The van der Waals surface area contributed by atoms with Crippen molar-refractivity contribution in [1.82, 2.24) is 0 Å². The van der Waals surface area contributed by atoms with Crippen molar-refractivity contribution in [2.75, 3.05) is 41.7 Å². The molecular weight excluding hydrogens is 855 g/mol. The van der Waals surface area contributed by atoms with Crippen molar-refractivity contribution >= 4 is 93.2 Å². The molecule has 2 aromatic carbocycles. The molecule has 0 radical (unpaired) electrons. The second-order valence-corrected chi connectivity index (χ2v) is 16.3. The van der Waals surface area contributed by atoms with Crippen LogP contribution in [0.15, 0.2) is 76.7 Å². The van der Waals surface area contributed by atoms with Crippen molar-refractivity contribution in [3.8, 4) is 0 Å². The molecule has 14 nitrogen and oxygen atoms in total. The minimum atomic E-state index is -3.73. The first-order valence-corrected chi connectivity index (χ1v) is 20.8. The molecule has 2 aromatic rings. The molecule has 0 saturated heterocycles. The second-order valence-electron chi connectivity index (χ2n) is 8.95. The molecule has 1 unspecified atom stereocenters. The van der Waals surface area contributed by atoms with Gasteiger partial charge in [-0.2, -0.15) is 0 Å². The van der Waals surface area contributed by atoms with Gasteiger partial charge in [-0.1, -0.05) is 88.3 Å². The highest BCUT2D eigenvalue weighted by molar-refractivity contribution is 7.49. The fourth-order valence-electron chi connectivity index (χ4n) is 3.13. The molecule has 0 amide bonds. The molecule has 294 valence electrons. The van der Waals surface area contributed by atoms with E-state index in [1.165, 1.54) is 41.4 Å². The van der Waals surface area contributed by atoms with Gasteiger partial charge in [0.25, 0.3) is 0 Å². The Morgan fingerprint density at radius 2 is 1.35 bits per heavy atom. The SMILES string of the molecule is CCOP(=O)(OCC)O/C(=C\Cl)c1ccc(Cl)cc1Cl.COP(=O)(OC)O/C(C)=C/C(=O)OC(C)c1ccccc1.COP(=O)(OC)OC=C(Cl)Cl. The van der Waals surface area contributed by atoms with Crippen LogP contribution in [0.4, 0.5) is 0 Å². The van der Waals surface area contributed by atoms with E-state index in [1.807, 2.05) is 30.3 Å². The van der Waals surface area contributed by atoms with E-state index in [1.54, 1.807) is 32.9 Å². The summed E-state index contributed by atoms with van der Waals surface area (Å²) < 4.78 is 82.9. The average Bonchev–Trinajstić information content (AvgIpc) is 3.10. The van der Waals surface area contributed by atoms with E-state index in [4.69, 9.17) is 80.8 Å². The number of phosphoric ester groups is 3. The molecule has 22 heteroatoms. The quantitative estimate of drug-likeness (QED) is 0.0601. The Bertz CT molecular complexity index is 1600. The van der Waals surface area contributed by atoms with Crippen LogP contribution in [0.1, 0.15) is 44.9 Å². The Kier molecular flexibility index (Phi) is 25.5. The maximum atomic E-state index is 12.3. The Labute approximate surface area is 328 Å². The molecule has 0 aliphatic carbocycles. The zero-order valence-corrected chi connectivity index (χ0v) is 35.8. The molecule has 0 bridgehead atoms. The second kappa shape index (κ2) is 26.3. The van der Waals surface area contributed by atoms with E-state index in [-0.39, 0.29) is 29.2 Å². The number of halogens is 5. The molecule has 1 atom stereocenters. The van der Waals surface area contributed by atoms with Gasteiger partial charge < -0.3 is 18.3 Å². The number of allylic oxidation sites excluding steroid dienone is 1. The van der Waals surface area contributed by atoms with Crippen molar-refractivity contribution in [1.29, 1.82) is 0 Å². The highest BCUT2D eigenvalue weighted by Gasteiger charge is 2.29. The predicted octanol–water partition coefficient (Wildman–Crippen LogP) is 12.0. The number of ether oxygens (including phenoxy) is 1. The first kappa shape index (κ1) is 50.4. The first-order valence-electron chi connectivity index (χ1n) is 14.5. The number of carbonyl (C=O) groups excluding carboxylic acids is 1. The van der Waals surface area contributed by atoms with Gasteiger partial charge >= 0.3 is 29.4 Å². The Hall–Kier alpha value is -1.57. The van der Waals surface area contributed by atoms with Crippen LogP contribution in [0.2, 0.25) is 10.0 Å². The lowest BCUT2D eigenvalue weighted by molar-refractivity contribution is -0.142. The third-order valence-corrected chi connectivity index (χ3v) is 10.5. The van der Waals surface area contributed by atoms with Crippen molar-refractivity contribution in [2.45, 2.75) is 33.8 Å². The topological polar surface area (TPSA) is 161 Å². The summed E-state index contributed by atoms with van der Waals surface area (Å²) in [6, 6.07) is 14.0.